The van der Waals surface area contributed by atoms with Gasteiger partial charge in [-0.15, -0.1) is 0 Å². The first-order chi connectivity index (χ1) is 11.1. The number of anilines is 1. The van der Waals surface area contributed by atoms with Crippen LogP contribution in [0, 0.1) is 24.7 Å². The van der Waals surface area contributed by atoms with Crippen LogP contribution in [0.3, 0.4) is 0 Å². The van der Waals surface area contributed by atoms with Gasteiger partial charge in [0.15, 0.2) is 0 Å². The van der Waals surface area contributed by atoms with Gasteiger partial charge in [-0.2, -0.15) is 0 Å². The van der Waals surface area contributed by atoms with Crippen LogP contribution in [0.15, 0.2) is 28.2 Å². The van der Waals surface area contributed by atoms with Crippen molar-refractivity contribution < 1.29 is 4.79 Å². The van der Waals surface area contributed by atoms with Crippen molar-refractivity contribution in [1.82, 2.24) is 0 Å². The average Bonchev–Trinajstić information content (AvgIpc) is 3.30. The van der Waals surface area contributed by atoms with E-state index in [2.05, 4.69) is 15.3 Å². The van der Waals surface area contributed by atoms with Crippen LogP contribution >= 0.6 is 0 Å². The molecule has 23 heavy (non-hydrogen) atoms. The Balaban J connectivity index is 1.65. The number of nitrogens with one attached hydrogen (secondary N) is 1. The first-order valence-electron chi connectivity index (χ1n) is 8.24. The third-order valence-electron chi connectivity index (χ3n) is 4.93. The zero-order chi connectivity index (χ0) is 16.4. The van der Waals surface area contributed by atoms with Crippen molar-refractivity contribution in [2.24, 2.45) is 33.5 Å². The van der Waals surface area contributed by atoms with Crippen molar-refractivity contribution in [3.8, 4) is 0 Å². The summed E-state index contributed by atoms with van der Waals surface area (Å²) in [6, 6.07) is 5.74. The largest absolute Gasteiger partial charge is 0.383 e. The Kier molecular flexibility index (Phi) is 4.46. The minimum Gasteiger partial charge on any atom is -0.383 e. The molecule has 5 heteroatoms. The predicted octanol–water partition coefficient (Wildman–Crippen LogP) is 2.73. The summed E-state index contributed by atoms with van der Waals surface area (Å²) in [6.07, 6.45) is 6.24. The molecule has 0 heterocycles. The van der Waals surface area contributed by atoms with Crippen molar-refractivity contribution >= 4 is 23.8 Å². The predicted molar refractivity (Wildman–Crippen MR) is 93.9 cm³/mol. The molecule has 0 atom stereocenters. The van der Waals surface area contributed by atoms with Crippen LogP contribution in [-0.4, -0.2) is 25.1 Å². The van der Waals surface area contributed by atoms with E-state index in [0.29, 0.717) is 5.84 Å². The molecule has 0 unspecified atom stereocenters. The van der Waals surface area contributed by atoms with Gasteiger partial charge < -0.3 is 11.1 Å². The number of hydrogen-bond acceptors (Lipinski definition) is 2. The van der Waals surface area contributed by atoms with Crippen molar-refractivity contribution in [3.63, 3.8) is 0 Å². The topological polar surface area (TPSA) is 79.8 Å². The van der Waals surface area contributed by atoms with Gasteiger partial charge >= 0.3 is 0 Å². The van der Waals surface area contributed by atoms with E-state index in [4.69, 9.17) is 5.73 Å². The molecule has 0 aliphatic heterocycles. The molecule has 1 aromatic rings. The van der Waals surface area contributed by atoms with Crippen LogP contribution in [0.2, 0.25) is 0 Å². The number of aliphatic imine (C=N–C) groups is 2. The van der Waals surface area contributed by atoms with Crippen molar-refractivity contribution in [1.29, 1.82) is 0 Å². The van der Waals surface area contributed by atoms with Gasteiger partial charge in [-0.1, -0.05) is 6.07 Å². The summed E-state index contributed by atoms with van der Waals surface area (Å²) in [6.45, 7) is 1.97. The number of carbonyl (C=O) groups excluding carboxylic acids is 1. The van der Waals surface area contributed by atoms with Crippen molar-refractivity contribution in [2.45, 2.75) is 32.6 Å². The van der Waals surface area contributed by atoms with Crippen molar-refractivity contribution in [3.05, 3.63) is 29.3 Å². The summed E-state index contributed by atoms with van der Waals surface area (Å²) in [4.78, 5) is 20.2. The highest BCUT2D eigenvalue weighted by Crippen LogP contribution is 2.49. The molecule has 5 nitrogen and oxygen atoms in total. The van der Waals surface area contributed by atoms with Gasteiger partial charge in [0.25, 0.3) is 0 Å². The van der Waals surface area contributed by atoms with Gasteiger partial charge in [-0.05, 0) is 62.1 Å². The Bertz CT molecular complexity index is 655. The second-order valence-corrected chi connectivity index (χ2v) is 6.67. The van der Waals surface area contributed by atoms with Crippen LogP contribution < -0.4 is 11.1 Å². The molecule has 2 fully saturated rings. The van der Waals surface area contributed by atoms with E-state index in [0.717, 1.165) is 41.5 Å². The molecule has 0 bridgehead atoms. The Morgan fingerprint density at radius 1 is 1.30 bits per heavy atom. The minimum absolute atomic E-state index is 0.127. The minimum atomic E-state index is 0.127. The van der Waals surface area contributed by atoms with E-state index < -0.39 is 0 Å². The lowest BCUT2D eigenvalue weighted by atomic mass is 9.72. The lowest BCUT2D eigenvalue weighted by Gasteiger charge is -2.34. The maximum atomic E-state index is 12.3. The molecular weight excluding hydrogens is 288 g/mol. The molecule has 3 rings (SSSR count). The number of amides is 1. The fraction of sp³-hybridized carbons (Fsp3) is 0.500. The number of aryl methyl sites for hydroxylation is 1. The summed E-state index contributed by atoms with van der Waals surface area (Å²) in [5.41, 5.74) is 8.60. The van der Waals surface area contributed by atoms with E-state index in [-0.39, 0.29) is 11.8 Å². The number of rotatable bonds is 5. The third kappa shape index (κ3) is 3.60. The Hall–Kier alpha value is -2.17. The highest BCUT2D eigenvalue weighted by molar-refractivity contribution is 6.03. The van der Waals surface area contributed by atoms with Crippen LogP contribution in [0.25, 0.3) is 0 Å². The first kappa shape index (κ1) is 15.7. The number of amidine groups is 1. The Labute approximate surface area is 137 Å². The summed E-state index contributed by atoms with van der Waals surface area (Å²) >= 11 is 0. The highest BCUT2D eigenvalue weighted by atomic mass is 16.1. The van der Waals surface area contributed by atoms with E-state index in [9.17, 15) is 4.79 Å². The fourth-order valence-corrected chi connectivity index (χ4v) is 3.24. The molecule has 0 radical (unpaired) electrons. The summed E-state index contributed by atoms with van der Waals surface area (Å²) < 4.78 is 0. The SMILES string of the molecule is CN=CN=C(N)c1cc(NC(=O)C2CC(C3CC3)C2)ccc1C. The van der Waals surface area contributed by atoms with Crippen LogP contribution in [0.1, 0.15) is 36.8 Å². The zero-order valence-electron chi connectivity index (χ0n) is 13.7. The van der Waals surface area contributed by atoms with E-state index in [1.54, 1.807) is 7.05 Å². The molecule has 1 amide bonds. The molecule has 2 aliphatic carbocycles. The van der Waals surface area contributed by atoms with Gasteiger partial charge in [0.2, 0.25) is 5.91 Å². The van der Waals surface area contributed by atoms with Crippen LogP contribution in [0.5, 0.6) is 0 Å². The fourth-order valence-electron chi connectivity index (χ4n) is 3.24. The molecule has 0 saturated heterocycles. The monoisotopic (exact) mass is 312 g/mol. The smallest absolute Gasteiger partial charge is 0.227 e. The van der Waals surface area contributed by atoms with Crippen LogP contribution in [0.4, 0.5) is 5.69 Å². The molecule has 0 spiro atoms. The number of nitrogens with two attached hydrogens (primary N) is 1. The molecular formula is C18H24N4O. The Morgan fingerprint density at radius 2 is 2.04 bits per heavy atom. The van der Waals surface area contributed by atoms with Gasteiger partial charge in [-0.3, -0.25) is 9.79 Å². The molecule has 2 aliphatic rings. The average molecular weight is 312 g/mol. The number of hydrogen-bond donors (Lipinski definition) is 2. The quantitative estimate of drug-likeness (QED) is 0.647. The summed E-state index contributed by atoms with van der Waals surface area (Å²) in [7, 11) is 1.65. The Morgan fingerprint density at radius 3 is 2.70 bits per heavy atom. The standard InChI is InChI=1S/C18H24N4O/c1-11-3-6-15(9-16(11)17(19)21-10-20-2)22-18(23)14-7-13(8-14)12-4-5-12/h3,6,9-10,12-14H,4-5,7-8H2,1-2H3,(H,22,23)(H2,19,20,21). The summed E-state index contributed by atoms with van der Waals surface area (Å²) in [5, 5.41) is 3.02. The van der Waals surface area contributed by atoms with Crippen LogP contribution in [-0.2, 0) is 4.79 Å². The molecule has 1 aromatic carbocycles. The number of nitrogens with zero attached hydrogens (tertiary/aromatic N) is 2. The highest BCUT2D eigenvalue weighted by Gasteiger charge is 2.42. The second kappa shape index (κ2) is 6.52. The lowest BCUT2D eigenvalue weighted by molar-refractivity contribution is -0.124. The van der Waals surface area contributed by atoms with E-state index in [1.165, 1.54) is 19.2 Å². The van der Waals surface area contributed by atoms with E-state index in [1.807, 2.05) is 25.1 Å². The molecule has 122 valence electrons. The van der Waals surface area contributed by atoms with Crippen molar-refractivity contribution in [2.75, 3.05) is 12.4 Å². The van der Waals surface area contributed by atoms with E-state index >= 15 is 0 Å². The molecule has 0 aromatic heterocycles. The number of carbonyl (C=O) groups is 1. The van der Waals surface area contributed by atoms with Gasteiger partial charge in [-0.25, -0.2) is 4.99 Å². The first-order valence-corrected chi connectivity index (χ1v) is 8.24. The normalized spacial score (nSPS) is 24.5. The lowest BCUT2D eigenvalue weighted by Crippen LogP contribution is -2.35. The maximum absolute atomic E-state index is 12.3. The third-order valence-corrected chi connectivity index (χ3v) is 4.93. The molecule has 3 N–H and O–H groups in total. The summed E-state index contributed by atoms with van der Waals surface area (Å²) in [5.74, 6) is 2.39. The number of benzene rings is 1. The van der Waals surface area contributed by atoms with Gasteiger partial charge in [0, 0.05) is 24.2 Å². The maximum Gasteiger partial charge on any atom is 0.227 e. The van der Waals surface area contributed by atoms with Gasteiger partial charge in [0.1, 0.15) is 12.2 Å². The molecule has 2 saturated carbocycles. The van der Waals surface area contributed by atoms with Gasteiger partial charge in [0.05, 0.1) is 0 Å². The zero-order valence-corrected chi connectivity index (χ0v) is 13.7. The second-order valence-electron chi connectivity index (χ2n) is 6.67.